The highest BCUT2D eigenvalue weighted by Gasteiger charge is 2.29. The number of hydrogen-bond acceptors (Lipinski definition) is 6. The summed E-state index contributed by atoms with van der Waals surface area (Å²) in [5.41, 5.74) is 10.2. The van der Waals surface area contributed by atoms with Gasteiger partial charge in [-0.05, 0) is 88.2 Å². The molecular weight excluding hydrogens is 558 g/mol. The second kappa shape index (κ2) is 13.6. The Hall–Kier alpha value is -3.91. The number of nitrogens with zero attached hydrogens (tertiary/aromatic N) is 3. The maximum atomic E-state index is 13.0. The molecule has 0 bridgehead atoms. The summed E-state index contributed by atoms with van der Waals surface area (Å²) in [6, 6.07) is 23.0. The van der Waals surface area contributed by atoms with E-state index in [0.29, 0.717) is 32.6 Å². The number of amides is 1. The van der Waals surface area contributed by atoms with Gasteiger partial charge in [0, 0.05) is 38.6 Å². The van der Waals surface area contributed by atoms with Crippen LogP contribution in [0.3, 0.4) is 0 Å². The van der Waals surface area contributed by atoms with E-state index in [9.17, 15) is 9.90 Å². The number of aromatic nitrogens is 2. The van der Waals surface area contributed by atoms with Crippen molar-refractivity contribution in [1.29, 1.82) is 0 Å². The first-order chi connectivity index (χ1) is 21.8. The molecule has 234 valence electrons. The van der Waals surface area contributed by atoms with Crippen LogP contribution in [-0.4, -0.2) is 31.9 Å². The van der Waals surface area contributed by atoms with Crippen molar-refractivity contribution in [1.82, 2.24) is 25.5 Å². The molecule has 4 aromatic rings. The number of carbonyl (C=O) groups excluding carboxylic acids is 1. The first-order valence-electron chi connectivity index (χ1n) is 16.2. The van der Waals surface area contributed by atoms with Gasteiger partial charge in [0.1, 0.15) is 0 Å². The maximum absolute atomic E-state index is 13.0. The Morgan fingerprint density at radius 2 is 1.78 bits per heavy atom. The molecule has 0 fully saturated rings. The molecule has 2 aromatic heterocycles. The number of pyridine rings is 2. The minimum Gasteiger partial charge on any atom is -0.392 e. The highest BCUT2D eigenvalue weighted by Crippen LogP contribution is 2.35. The van der Waals surface area contributed by atoms with Crippen molar-refractivity contribution in [3.8, 4) is 0 Å². The third-order valence-corrected chi connectivity index (χ3v) is 9.33. The number of rotatable bonds is 9. The second-order valence-electron chi connectivity index (χ2n) is 13.5. The predicted octanol–water partition coefficient (Wildman–Crippen LogP) is 5.68. The fourth-order valence-corrected chi connectivity index (χ4v) is 6.72. The molecule has 0 spiro atoms. The van der Waals surface area contributed by atoms with Gasteiger partial charge in [-0.25, -0.2) is 0 Å². The van der Waals surface area contributed by atoms with Crippen LogP contribution in [0.2, 0.25) is 0 Å². The average molecular weight is 604 g/mol. The molecule has 0 saturated carbocycles. The van der Waals surface area contributed by atoms with Crippen LogP contribution in [-0.2, 0) is 55.8 Å². The van der Waals surface area contributed by atoms with Gasteiger partial charge in [0.2, 0.25) is 5.91 Å². The monoisotopic (exact) mass is 603 g/mol. The van der Waals surface area contributed by atoms with E-state index in [2.05, 4.69) is 78.8 Å². The summed E-state index contributed by atoms with van der Waals surface area (Å²) in [4.78, 5) is 25.1. The number of carbonyl (C=O) groups is 1. The number of aliphatic hydroxyl groups is 1. The Morgan fingerprint density at radius 3 is 2.60 bits per heavy atom. The third-order valence-electron chi connectivity index (χ3n) is 9.33. The average Bonchev–Trinajstić information content (AvgIpc) is 3.06. The Balaban J connectivity index is 1.20. The van der Waals surface area contributed by atoms with Gasteiger partial charge < -0.3 is 15.7 Å². The van der Waals surface area contributed by atoms with Crippen LogP contribution in [0.4, 0.5) is 0 Å². The zero-order valence-electron chi connectivity index (χ0n) is 26.7. The molecule has 2 aliphatic rings. The van der Waals surface area contributed by atoms with Crippen molar-refractivity contribution in [2.24, 2.45) is 0 Å². The first-order valence-corrected chi connectivity index (χ1v) is 16.2. The van der Waals surface area contributed by atoms with Gasteiger partial charge in [-0.1, -0.05) is 69.3 Å². The number of hydrogen-bond donors (Lipinski definition) is 3. The molecule has 1 amide bonds. The molecule has 0 radical (unpaired) electrons. The molecule has 7 nitrogen and oxygen atoms in total. The van der Waals surface area contributed by atoms with Crippen LogP contribution < -0.4 is 10.6 Å². The smallest absolute Gasteiger partial charge is 0.237 e. The lowest BCUT2D eigenvalue weighted by Gasteiger charge is -2.35. The van der Waals surface area contributed by atoms with Crippen molar-refractivity contribution in [3.05, 3.63) is 129 Å². The number of nitrogens with one attached hydrogen (secondary N) is 2. The molecule has 1 aliphatic heterocycles. The number of fused-ring (bicyclic) bond motifs is 2. The number of aryl methyl sites for hydroxylation is 1. The summed E-state index contributed by atoms with van der Waals surface area (Å²) < 4.78 is 0. The topological polar surface area (TPSA) is 90.4 Å². The summed E-state index contributed by atoms with van der Waals surface area (Å²) in [7, 11) is 0. The normalized spacial score (nSPS) is 17.9. The molecule has 1 aliphatic carbocycles. The molecule has 0 saturated heterocycles. The molecule has 2 unspecified atom stereocenters. The Labute approximate surface area is 267 Å². The molecule has 45 heavy (non-hydrogen) atoms. The minimum atomic E-state index is -0.248. The summed E-state index contributed by atoms with van der Waals surface area (Å²) in [6.07, 6.45) is 7.70. The van der Waals surface area contributed by atoms with Gasteiger partial charge in [0.05, 0.1) is 30.1 Å². The lowest BCUT2D eigenvalue weighted by Crippen LogP contribution is -2.47. The van der Waals surface area contributed by atoms with Crippen molar-refractivity contribution in [2.75, 3.05) is 0 Å². The number of benzene rings is 2. The molecule has 6 rings (SSSR count). The van der Waals surface area contributed by atoms with E-state index < -0.39 is 0 Å². The van der Waals surface area contributed by atoms with Crippen molar-refractivity contribution < 1.29 is 9.90 Å². The fourth-order valence-electron chi connectivity index (χ4n) is 6.72. The lowest BCUT2D eigenvalue weighted by molar-refractivity contribution is -0.123. The Bertz CT molecular complexity index is 1650. The van der Waals surface area contributed by atoms with Crippen LogP contribution in [0.25, 0.3) is 0 Å². The van der Waals surface area contributed by atoms with E-state index in [0.717, 1.165) is 47.3 Å². The summed E-state index contributed by atoms with van der Waals surface area (Å²) in [5.74, 6) is -0.00115. The van der Waals surface area contributed by atoms with Gasteiger partial charge in [0.15, 0.2) is 0 Å². The fraction of sp³-hybridized carbons (Fsp3) is 0.395. The predicted molar refractivity (Wildman–Crippen MR) is 177 cm³/mol. The summed E-state index contributed by atoms with van der Waals surface area (Å²) >= 11 is 0. The molecular formula is C38H45N5O2. The lowest BCUT2D eigenvalue weighted by atomic mass is 9.87. The van der Waals surface area contributed by atoms with Gasteiger partial charge in [-0.15, -0.1) is 0 Å². The Kier molecular flexibility index (Phi) is 9.40. The van der Waals surface area contributed by atoms with Crippen molar-refractivity contribution in [2.45, 2.75) is 96.7 Å². The van der Waals surface area contributed by atoms with E-state index in [1.807, 2.05) is 36.7 Å². The van der Waals surface area contributed by atoms with E-state index in [1.54, 1.807) is 0 Å². The van der Waals surface area contributed by atoms with E-state index >= 15 is 0 Å². The van der Waals surface area contributed by atoms with Gasteiger partial charge in [0.25, 0.3) is 0 Å². The summed E-state index contributed by atoms with van der Waals surface area (Å²) in [6.45, 7) is 9.09. The molecule has 7 heteroatoms. The largest absolute Gasteiger partial charge is 0.392 e. The van der Waals surface area contributed by atoms with Crippen molar-refractivity contribution >= 4 is 5.91 Å². The second-order valence-corrected chi connectivity index (χ2v) is 13.5. The zero-order valence-corrected chi connectivity index (χ0v) is 26.7. The first kappa shape index (κ1) is 31.1. The zero-order chi connectivity index (χ0) is 31.4. The van der Waals surface area contributed by atoms with Crippen LogP contribution in [0.5, 0.6) is 0 Å². The number of aliphatic hydroxyl groups excluding tert-OH is 1. The van der Waals surface area contributed by atoms with Gasteiger partial charge in [-0.3, -0.25) is 19.7 Å². The van der Waals surface area contributed by atoms with Crippen LogP contribution in [0.15, 0.2) is 79.1 Å². The third kappa shape index (κ3) is 7.33. The van der Waals surface area contributed by atoms with Crippen LogP contribution in [0.1, 0.15) is 90.0 Å². The van der Waals surface area contributed by atoms with Crippen molar-refractivity contribution in [3.63, 3.8) is 0 Å². The van der Waals surface area contributed by atoms with Gasteiger partial charge in [-0.2, -0.15) is 0 Å². The van der Waals surface area contributed by atoms with Crippen LogP contribution >= 0.6 is 0 Å². The molecule has 3 heterocycles. The SMILES string of the molecule is CC(C)(C)c1ccnc(CN(Cc2ccc(CNC(=O)C3Cc4ccccc4CN3)cc2CO)C2CCCc3cccnc32)c1. The van der Waals surface area contributed by atoms with E-state index in [-0.39, 0.29) is 30.0 Å². The van der Waals surface area contributed by atoms with Gasteiger partial charge >= 0.3 is 0 Å². The molecule has 3 N–H and O–H groups in total. The maximum Gasteiger partial charge on any atom is 0.237 e. The standard InChI is InChI=1S/C38H45N5O2/c1-38(2,3)32-15-17-39-33(20-32)24-43(35-12-6-10-27-11-7-16-40-36(27)35)23-30-14-13-26(18-31(30)25-44)21-42-37(45)34-19-28-8-4-5-9-29(28)22-41-34/h4-5,7-9,11,13-18,20,34-35,41,44H,6,10,12,19,21-25H2,1-3H3,(H,42,45). The highest BCUT2D eigenvalue weighted by molar-refractivity contribution is 5.82. The van der Waals surface area contributed by atoms with E-state index in [1.165, 1.54) is 22.3 Å². The molecule has 2 aromatic carbocycles. The Morgan fingerprint density at radius 1 is 0.956 bits per heavy atom. The quantitative estimate of drug-likeness (QED) is 0.228. The molecule has 2 atom stereocenters. The van der Waals surface area contributed by atoms with Crippen LogP contribution in [0, 0.1) is 0 Å². The summed E-state index contributed by atoms with van der Waals surface area (Å²) in [5, 5.41) is 17.0. The highest BCUT2D eigenvalue weighted by atomic mass is 16.3. The van der Waals surface area contributed by atoms with E-state index in [4.69, 9.17) is 9.97 Å². The minimum absolute atomic E-state index is 0.00115.